The second-order valence-electron chi connectivity index (χ2n) is 6.37. The van der Waals surface area contributed by atoms with Crippen LogP contribution in [0.2, 0.25) is 0 Å². The highest BCUT2D eigenvalue weighted by molar-refractivity contribution is 5.78. The molecule has 110 valence electrons. The molecule has 0 aromatic carbocycles. The minimum atomic E-state index is 0.272. The van der Waals surface area contributed by atoms with Crippen LogP contribution in [0.1, 0.15) is 58.3 Å². The monoisotopic (exact) mass is 266 g/mol. The molecule has 1 saturated carbocycles. The van der Waals surface area contributed by atoms with E-state index in [0.717, 1.165) is 44.8 Å². The van der Waals surface area contributed by atoms with Crippen LogP contribution in [0.3, 0.4) is 0 Å². The lowest BCUT2D eigenvalue weighted by atomic mass is 9.88. The molecule has 3 heteroatoms. The van der Waals surface area contributed by atoms with Crippen molar-refractivity contribution in [2.45, 2.75) is 58.3 Å². The van der Waals surface area contributed by atoms with Gasteiger partial charge in [-0.3, -0.25) is 4.79 Å². The maximum Gasteiger partial charge on any atom is 0.223 e. The largest absolute Gasteiger partial charge is 0.356 e. The van der Waals surface area contributed by atoms with Gasteiger partial charge in [0.25, 0.3) is 0 Å². The van der Waals surface area contributed by atoms with E-state index in [4.69, 9.17) is 0 Å². The standard InChI is InChI=1S/C16H30N2O/c1-2-10-17-16(19)15-8-11-18(12-9-15)13-14-6-4-3-5-7-14/h14-15H,2-13H2,1H3,(H,17,19). The van der Waals surface area contributed by atoms with Gasteiger partial charge in [0, 0.05) is 19.0 Å². The van der Waals surface area contributed by atoms with Crippen LogP contribution >= 0.6 is 0 Å². The number of nitrogens with zero attached hydrogens (tertiary/aromatic N) is 1. The van der Waals surface area contributed by atoms with Gasteiger partial charge >= 0.3 is 0 Å². The Balaban J connectivity index is 1.65. The summed E-state index contributed by atoms with van der Waals surface area (Å²) in [7, 11) is 0. The highest BCUT2D eigenvalue weighted by atomic mass is 16.1. The zero-order valence-electron chi connectivity index (χ0n) is 12.5. The lowest BCUT2D eigenvalue weighted by Crippen LogP contribution is -2.42. The maximum absolute atomic E-state index is 11.9. The fourth-order valence-corrected chi connectivity index (χ4v) is 3.51. The van der Waals surface area contributed by atoms with Crippen molar-refractivity contribution < 1.29 is 4.79 Å². The van der Waals surface area contributed by atoms with Crippen molar-refractivity contribution in [2.75, 3.05) is 26.2 Å². The van der Waals surface area contributed by atoms with Gasteiger partial charge in [-0.05, 0) is 51.1 Å². The minimum absolute atomic E-state index is 0.272. The molecule has 0 atom stereocenters. The summed E-state index contributed by atoms with van der Waals surface area (Å²) < 4.78 is 0. The van der Waals surface area contributed by atoms with Crippen molar-refractivity contribution in [3.05, 3.63) is 0 Å². The average molecular weight is 266 g/mol. The molecule has 19 heavy (non-hydrogen) atoms. The molecule has 1 heterocycles. The molecule has 0 bridgehead atoms. The van der Waals surface area contributed by atoms with E-state index in [2.05, 4.69) is 17.1 Å². The Morgan fingerprint density at radius 3 is 2.42 bits per heavy atom. The van der Waals surface area contributed by atoms with Crippen LogP contribution in [0.5, 0.6) is 0 Å². The zero-order chi connectivity index (χ0) is 13.5. The summed E-state index contributed by atoms with van der Waals surface area (Å²) >= 11 is 0. The predicted octanol–water partition coefficient (Wildman–Crippen LogP) is 2.80. The number of amides is 1. The van der Waals surface area contributed by atoms with Crippen LogP contribution < -0.4 is 5.32 Å². The Morgan fingerprint density at radius 2 is 1.79 bits per heavy atom. The van der Waals surface area contributed by atoms with Gasteiger partial charge in [0.05, 0.1) is 0 Å². The minimum Gasteiger partial charge on any atom is -0.356 e. The summed E-state index contributed by atoms with van der Waals surface area (Å²) in [6.07, 6.45) is 10.3. The van der Waals surface area contributed by atoms with Gasteiger partial charge < -0.3 is 10.2 Å². The van der Waals surface area contributed by atoms with Gasteiger partial charge in [0.2, 0.25) is 5.91 Å². The highest BCUT2D eigenvalue weighted by Crippen LogP contribution is 2.26. The summed E-state index contributed by atoms with van der Waals surface area (Å²) in [5.74, 6) is 1.49. The van der Waals surface area contributed by atoms with E-state index < -0.39 is 0 Å². The maximum atomic E-state index is 11.9. The van der Waals surface area contributed by atoms with Crippen molar-refractivity contribution in [2.24, 2.45) is 11.8 Å². The average Bonchev–Trinajstić information content (AvgIpc) is 2.46. The number of hydrogen-bond donors (Lipinski definition) is 1. The molecule has 0 aromatic heterocycles. The van der Waals surface area contributed by atoms with E-state index in [-0.39, 0.29) is 5.92 Å². The molecule has 3 nitrogen and oxygen atoms in total. The first-order chi connectivity index (χ1) is 9.29. The Kier molecular flexibility index (Phi) is 6.15. The molecule has 2 rings (SSSR count). The summed E-state index contributed by atoms with van der Waals surface area (Å²) in [6, 6.07) is 0. The van der Waals surface area contributed by atoms with E-state index in [1.54, 1.807) is 0 Å². The number of hydrogen-bond acceptors (Lipinski definition) is 2. The molecular weight excluding hydrogens is 236 g/mol. The molecule has 0 spiro atoms. The molecule has 1 aliphatic carbocycles. The first-order valence-corrected chi connectivity index (χ1v) is 8.29. The first-order valence-electron chi connectivity index (χ1n) is 8.29. The third-order valence-electron chi connectivity index (χ3n) is 4.75. The summed E-state index contributed by atoms with van der Waals surface area (Å²) in [6.45, 7) is 6.47. The van der Waals surface area contributed by atoms with E-state index in [1.165, 1.54) is 38.6 Å². The third-order valence-corrected chi connectivity index (χ3v) is 4.75. The van der Waals surface area contributed by atoms with Crippen molar-refractivity contribution >= 4 is 5.91 Å². The molecule has 0 aromatic rings. The SMILES string of the molecule is CCCNC(=O)C1CCN(CC2CCCCC2)CC1. The number of carbonyl (C=O) groups is 1. The molecular formula is C16H30N2O. The van der Waals surface area contributed by atoms with E-state index in [1.807, 2.05) is 0 Å². The van der Waals surface area contributed by atoms with Crippen LogP contribution in [-0.4, -0.2) is 37.0 Å². The quantitative estimate of drug-likeness (QED) is 0.830. The molecule has 2 fully saturated rings. The van der Waals surface area contributed by atoms with Crippen LogP contribution in [-0.2, 0) is 4.79 Å². The van der Waals surface area contributed by atoms with Gasteiger partial charge in [0.15, 0.2) is 0 Å². The van der Waals surface area contributed by atoms with E-state index in [0.29, 0.717) is 5.91 Å². The molecule has 2 aliphatic rings. The first kappa shape index (κ1) is 14.8. The number of carbonyl (C=O) groups excluding carboxylic acids is 1. The fraction of sp³-hybridized carbons (Fsp3) is 0.938. The van der Waals surface area contributed by atoms with E-state index >= 15 is 0 Å². The zero-order valence-corrected chi connectivity index (χ0v) is 12.5. The van der Waals surface area contributed by atoms with Crippen LogP contribution in [0.25, 0.3) is 0 Å². The smallest absolute Gasteiger partial charge is 0.223 e. The van der Waals surface area contributed by atoms with Gasteiger partial charge in [-0.15, -0.1) is 0 Å². The lowest BCUT2D eigenvalue weighted by molar-refractivity contribution is -0.126. The molecule has 0 radical (unpaired) electrons. The van der Waals surface area contributed by atoms with Gasteiger partial charge in [0.1, 0.15) is 0 Å². The normalized spacial score (nSPS) is 23.4. The number of likely N-dealkylation sites (tertiary alicyclic amines) is 1. The van der Waals surface area contributed by atoms with Gasteiger partial charge in [-0.1, -0.05) is 26.2 Å². The van der Waals surface area contributed by atoms with Crippen molar-refractivity contribution in [3.63, 3.8) is 0 Å². The van der Waals surface area contributed by atoms with Crippen molar-refractivity contribution in [1.29, 1.82) is 0 Å². The number of piperidine rings is 1. The predicted molar refractivity (Wildman–Crippen MR) is 79.0 cm³/mol. The lowest BCUT2D eigenvalue weighted by Gasteiger charge is -2.34. The fourth-order valence-electron chi connectivity index (χ4n) is 3.51. The van der Waals surface area contributed by atoms with Crippen LogP contribution in [0.4, 0.5) is 0 Å². The third kappa shape index (κ3) is 4.79. The van der Waals surface area contributed by atoms with Gasteiger partial charge in [-0.2, -0.15) is 0 Å². The van der Waals surface area contributed by atoms with Crippen molar-refractivity contribution in [1.82, 2.24) is 10.2 Å². The summed E-state index contributed by atoms with van der Waals surface area (Å²) in [5, 5.41) is 3.04. The number of rotatable bonds is 5. The second-order valence-corrected chi connectivity index (χ2v) is 6.37. The van der Waals surface area contributed by atoms with Crippen LogP contribution in [0.15, 0.2) is 0 Å². The summed E-state index contributed by atoms with van der Waals surface area (Å²) in [4.78, 5) is 14.5. The van der Waals surface area contributed by atoms with E-state index in [9.17, 15) is 4.79 Å². The highest BCUT2D eigenvalue weighted by Gasteiger charge is 2.26. The Bertz CT molecular complexity index is 266. The second kappa shape index (κ2) is 7.88. The molecule has 1 aliphatic heterocycles. The van der Waals surface area contributed by atoms with Crippen LogP contribution in [0, 0.1) is 11.8 Å². The Morgan fingerprint density at radius 1 is 1.11 bits per heavy atom. The van der Waals surface area contributed by atoms with Gasteiger partial charge in [-0.25, -0.2) is 0 Å². The molecule has 1 saturated heterocycles. The molecule has 1 N–H and O–H groups in total. The number of nitrogens with one attached hydrogen (secondary N) is 1. The van der Waals surface area contributed by atoms with Crippen molar-refractivity contribution in [3.8, 4) is 0 Å². The molecule has 1 amide bonds. The topological polar surface area (TPSA) is 32.3 Å². The molecule has 0 unspecified atom stereocenters. The Hall–Kier alpha value is -0.570. The Labute approximate surface area is 118 Å². The summed E-state index contributed by atoms with van der Waals surface area (Å²) in [5.41, 5.74) is 0.